The first-order chi connectivity index (χ1) is 10.8. The lowest BCUT2D eigenvalue weighted by Gasteiger charge is -2.24. The van der Waals surface area contributed by atoms with E-state index in [0.29, 0.717) is 6.61 Å². The van der Waals surface area contributed by atoms with Crippen molar-refractivity contribution < 1.29 is 9.53 Å². The topological polar surface area (TPSA) is 50.4 Å². The molecule has 0 radical (unpaired) electrons. The van der Waals surface area contributed by atoms with Crippen LogP contribution in [0.2, 0.25) is 0 Å². The number of para-hydroxylation sites is 1. The first-order valence-corrected chi connectivity index (χ1v) is 7.68. The molecule has 1 atom stereocenters. The molecule has 0 fully saturated rings. The minimum Gasteiger partial charge on any atom is -0.492 e. The number of ether oxygens (including phenoxy) is 1. The maximum absolute atomic E-state index is 12.5. The van der Waals surface area contributed by atoms with Crippen molar-refractivity contribution >= 4 is 17.3 Å². The lowest BCUT2D eigenvalue weighted by atomic mass is 9.96. The van der Waals surface area contributed by atoms with E-state index in [1.807, 2.05) is 36.4 Å². The van der Waals surface area contributed by atoms with Crippen LogP contribution < -0.4 is 15.4 Å². The zero-order valence-electron chi connectivity index (χ0n) is 12.3. The maximum atomic E-state index is 12.5. The summed E-state index contributed by atoms with van der Waals surface area (Å²) in [6.45, 7) is 1.41. The summed E-state index contributed by atoms with van der Waals surface area (Å²) < 4.78 is 5.70. The van der Waals surface area contributed by atoms with Crippen LogP contribution in [0, 0.1) is 5.92 Å². The molecule has 0 saturated heterocycles. The third-order valence-corrected chi connectivity index (χ3v) is 4.33. The summed E-state index contributed by atoms with van der Waals surface area (Å²) in [7, 11) is 0. The van der Waals surface area contributed by atoms with Gasteiger partial charge in [-0.15, -0.1) is 0 Å². The Hall–Kier alpha value is -2.49. The van der Waals surface area contributed by atoms with E-state index < -0.39 is 0 Å². The van der Waals surface area contributed by atoms with Gasteiger partial charge in [-0.25, -0.2) is 0 Å². The van der Waals surface area contributed by atoms with E-state index >= 15 is 0 Å². The smallest absolute Gasteiger partial charge is 0.231 e. The Morgan fingerprint density at radius 3 is 3.05 bits per heavy atom. The highest BCUT2D eigenvalue weighted by Crippen LogP contribution is 2.29. The van der Waals surface area contributed by atoms with Gasteiger partial charge < -0.3 is 15.4 Å². The molecule has 112 valence electrons. The van der Waals surface area contributed by atoms with Gasteiger partial charge in [0.1, 0.15) is 12.4 Å². The molecule has 4 heteroatoms. The second-order valence-electron chi connectivity index (χ2n) is 5.86. The molecule has 0 saturated carbocycles. The third-order valence-electron chi connectivity index (χ3n) is 4.33. The highest BCUT2D eigenvalue weighted by atomic mass is 16.5. The van der Waals surface area contributed by atoms with Crippen molar-refractivity contribution in [2.45, 2.75) is 12.8 Å². The molecule has 4 rings (SSSR count). The lowest BCUT2D eigenvalue weighted by molar-refractivity contribution is -0.121. The predicted octanol–water partition coefficient (Wildman–Crippen LogP) is 2.84. The molecule has 0 spiro atoms. The molecule has 0 aliphatic carbocycles. The monoisotopic (exact) mass is 294 g/mol. The highest BCUT2D eigenvalue weighted by Gasteiger charge is 2.26. The standard InChI is InChI=1S/C18H18N2O2/c21-18(14-9-13-3-1-2-4-17(13)22-11-14)20-15-5-6-16-12(10-15)7-8-19-16/h1-6,10,14,19H,7-9,11H2,(H,20,21). The summed E-state index contributed by atoms with van der Waals surface area (Å²) in [5.74, 6) is 0.789. The minimum absolute atomic E-state index is 0.0282. The molecule has 2 aliphatic heterocycles. The number of hydrogen-bond donors (Lipinski definition) is 2. The zero-order valence-corrected chi connectivity index (χ0v) is 12.3. The van der Waals surface area contributed by atoms with E-state index in [2.05, 4.69) is 16.7 Å². The van der Waals surface area contributed by atoms with Crippen molar-refractivity contribution in [3.63, 3.8) is 0 Å². The van der Waals surface area contributed by atoms with Crippen molar-refractivity contribution in [2.75, 3.05) is 23.8 Å². The third kappa shape index (κ3) is 2.41. The van der Waals surface area contributed by atoms with Gasteiger partial charge in [0.05, 0.1) is 5.92 Å². The van der Waals surface area contributed by atoms with Crippen molar-refractivity contribution in [3.8, 4) is 5.75 Å². The molecule has 2 aliphatic rings. The highest BCUT2D eigenvalue weighted by molar-refractivity contribution is 5.93. The number of carbonyl (C=O) groups is 1. The van der Waals surface area contributed by atoms with Crippen LogP contribution >= 0.6 is 0 Å². The second-order valence-corrected chi connectivity index (χ2v) is 5.86. The van der Waals surface area contributed by atoms with E-state index in [9.17, 15) is 4.79 Å². The number of carbonyl (C=O) groups excluding carboxylic acids is 1. The van der Waals surface area contributed by atoms with Crippen LogP contribution in [0.1, 0.15) is 11.1 Å². The number of hydrogen-bond acceptors (Lipinski definition) is 3. The van der Waals surface area contributed by atoms with Gasteiger partial charge in [-0.05, 0) is 48.2 Å². The number of amides is 1. The van der Waals surface area contributed by atoms with E-state index in [1.165, 1.54) is 11.3 Å². The van der Waals surface area contributed by atoms with E-state index in [0.717, 1.165) is 36.4 Å². The van der Waals surface area contributed by atoms with Crippen molar-refractivity contribution in [1.82, 2.24) is 0 Å². The van der Waals surface area contributed by atoms with E-state index in [4.69, 9.17) is 4.74 Å². The van der Waals surface area contributed by atoms with Crippen LogP contribution in [0.15, 0.2) is 42.5 Å². The zero-order chi connectivity index (χ0) is 14.9. The molecule has 2 heterocycles. The number of rotatable bonds is 2. The average molecular weight is 294 g/mol. The van der Waals surface area contributed by atoms with Crippen LogP contribution in [0.25, 0.3) is 0 Å². The van der Waals surface area contributed by atoms with E-state index in [-0.39, 0.29) is 11.8 Å². The second kappa shape index (κ2) is 5.37. The van der Waals surface area contributed by atoms with Gasteiger partial charge in [0, 0.05) is 17.9 Å². The molecule has 2 aromatic carbocycles. The summed E-state index contributed by atoms with van der Waals surface area (Å²) in [5.41, 5.74) is 4.41. The fourth-order valence-electron chi connectivity index (χ4n) is 3.12. The van der Waals surface area contributed by atoms with Gasteiger partial charge in [-0.1, -0.05) is 18.2 Å². The van der Waals surface area contributed by atoms with Crippen LogP contribution in [0.4, 0.5) is 11.4 Å². The Labute approximate surface area is 129 Å². The number of fused-ring (bicyclic) bond motifs is 2. The first kappa shape index (κ1) is 13.2. The van der Waals surface area contributed by atoms with Gasteiger partial charge >= 0.3 is 0 Å². The van der Waals surface area contributed by atoms with Crippen LogP contribution in [-0.2, 0) is 17.6 Å². The normalized spacial score (nSPS) is 18.6. The van der Waals surface area contributed by atoms with Gasteiger partial charge in [-0.2, -0.15) is 0 Å². The Bertz CT molecular complexity index is 727. The molecule has 0 aromatic heterocycles. The Morgan fingerprint density at radius 2 is 2.09 bits per heavy atom. The van der Waals surface area contributed by atoms with Crippen LogP contribution in [0.5, 0.6) is 5.75 Å². The number of benzene rings is 2. The lowest BCUT2D eigenvalue weighted by Crippen LogP contribution is -2.32. The molecule has 0 bridgehead atoms. The van der Waals surface area contributed by atoms with Crippen molar-refractivity contribution in [1.29, 1.82) is 0 Å². The maximum Gasteiger partial charge on any atom is 0.231 e. The van der Waals surface area contributed by atoms with Gasteiger partial charge in [0.25, 0.3) is 0 Å². The summed E-state index contributed by atoms with van der Waals surface area (Å²) in [4.78, 5) is 12.5. The average Bonchev–Trinajstić information content (AvgIpc) is 3.02. The molecule has 2 aromatic rings. The summed E-state index contributed by atoms with van der Waals surface area (Å²) in [6, 6.07) is 14.0. The van der Waals surface area contributed by atoms with Gasteiger partial charge in [-0.3, -0.25) is 4.79 Å². The van der Waals surface area contributed by atoms with Crippen molar-refractivity contribution in [3.05, 3.63) is 53.6 Å². The fourth-order valence-corrected chi connectivity index (χ4v) is 3.12. The summed E-state index contributed by atoms with van der Waals surface area (Å²) >= 11 is 0. The van der Waals surface area contributed by atoms with Crippen molar-refractivity contribution in [2.24, 2.45) is 5.92 Å². The van der Waals surface area contributed by atoms with Crippen LogP contribution in [-0.4, -0.2) is 19.1 Å². The Kier molecular flexibility index (Phi) is 3.22. The van der Waals surface area contributed by atoms with Crippen LogP contribution in [0.3, 0.4) is 0 Å². The Morgan fingerprint density at radius 1 is 1.18 bits per heavy atom. The predicted molar refractivity (Wildman–Crippen MR) is 86.4 cm³/mol. The van der Waals surface area contributed by atoms with Gasteiger partial charge in [0.2, 0.25) is 5.91 Å². The quantitative estimate of drug-likeness (QED) is 0.895. The molecule has 4 nitrogen and oxygen atoms in total. The fraction of sp³-hybridized carbons (Fsp3) is 0.278. The largest absolute Gasteiger partial charge is 0.492 e. The molecular weight excluding hydrogens is 276 g/mol. The molecule has 2 N–H and O–H groups in total. The number of anilines is 2. The molecular formula is C18H18N2O2. The minimum atomic E-state index is -0.138. The SMILES string of the molecule is O=C(Nc1ccc2c(c1)CCN2)C1COc2ccccc2C1. The number of nitrogens with one attached hydrogen (secondary N) is 2. The summed E-state index contributed by atoms with van der Waals surface area (Å²) in [6.07, 6.45) is 1.74. The van der Waals surface area contributed by atoms with Gasteiger partial charge in [0.15, 0.2) is 0 Å². The molecule has 22 heavy (non-hydrogen) atoms. The molecule has 1 amide bonds. The molecule has 1 unspecified atom stereocenters. The first-order valence-electron chi connectivity index (χ1n) is 7.68. The van der Waals surface area contributed by atoms with E-state index in [1.54, 1.807) is 0 Å². The summed E-state index contributed by atoms with van der Waals surface area (Å²) in [5, 5.41) is 6.35. The Balaban J connectivity index is 1.47.